The molecule has 0 bridgehead atoms. The first-order valence-electron chi connectivity index (χ1n) is 8.81. The molecular formula is C20H19ClF2N4O2. The fraction of sp³-hybridized carbons (Fsp3) is 0.250. The van der Waals surface area contributed by atoms with Gasteiger partial charge in [0.25, 0.3) is 0 Å². The van der Waals surface area contributed by atoms with E-state index in [4.69, 9.17) is 22.1 Å². The van der Waals surface area contributed by atoms with Gasteiger partial charge in [0.05, 0.1) is 5.56 Å². The molecular weight excluding hydrogens is 402 g/mol. The Labute approximate surface area is 171 Å². The van der Waals surface area contributed by atoms with Crippen LogP contribution in [-0.4, -0.2) is 20.7 Å². The van der Waals surface area contributed by atoms with Crippen molar-refractivity contribution in [2.45, 2.75) is 32.9 Å². The monoisotopic (exact) mass is 420 g/mol. The Bertz CT molecular complexity index is 1080. The molecule has 2 N–H and O–H groups in total. The number of ether oxygens (including phenoxy) is 1. The second-order valence-electron chi connectivity index (χ2n) is 6.84. The Morgan fingerprint density at radius 1 is 1.17 bits per heavy atom. The van der Waals surface area contributed by atoms with E-state index in [-0.39, 0.29) is 27.7 Å². The molecule has 0 unspecified atom stereocenters. The quantitative estimate of drug-likeness (QED) is 0.644. The summed E-state index contributed by atoms with van der Waals surface area (Å²) in [6.07, 6.45) is 0. The van der Waals surface area contributed by atoms with Gasteiger partial charge in [-0.15, -0.1) is 10.2 Å². The number of halogens is 3. The highest BCUT2D eigenvalue weighted by Crippen LogP contribution is 2.32. The second-order valence-corrected chi connectivity index (χ2v) is 7.27. The fourth-order valence-electron chi connectivity index (χ4n) is 2.98. The van der Waals surface area contributed by atoms with Crippen LogP contribution in [0.15, 0.2) is 36.4 Å². The van der Waals surface area contributed by atoms with Crippen molar-refractivity contribution < 1.29 is 18.3 Å². The third-order valence-electron chi connectivity index (χ3n) is 4.36. The lowest BCUT2D eigenvalue weighted by molar-refractivity contribution is 0.0885. The number of carbonyl (C=O) groups is 1. The molecule has 0 saturated heterocycles. The highest BCUT2D eigenvalue weighted by molar-refractivity contribution is 6.30. The van der Waals surface area contributed by atoms with Crippen LogP contribution in [0.1, 0.15) is 37.0 Å². The number of amides is 1. The molecule has 9 heteroatoms. The zero-order valence-electron chi connectivity index (χ0n) is 16.0. The summed E-state index contributed by atoms with van der Waals surface area (Å²) >= 11 is 5.78. The maximum absolute atomic E-state index is 14.6. The van der Waals surface area contributed by atoms with Gasteiger partial charge in [0.15, 0.2) is 28.8 Å². The summed E-state index contributed by atoms with van der Waals surface area (Å²) in [7, 11) is 0. The van der Waals surface area contributed by atoms with Crippen LogP contribution in [0.3, 0.4) is 0 Å². The summed E-state index contributed by atoms with van der Waals surface area (Å²) in [6.45, 7) is 5.65. The highest BCUT2D eigenvalue weighted by Gasteiger charge is 2.32. The minimum Gasteiger partial charge on any atom is -0.477 e. The minimum absolute atomic E-state index is 0.00333. The van der Waals surface area contributed by atoms with Crippen molar-refractivity contribution >= 4 is 17.5 Å². The number of aromatic nitrogens is 3. The molecule has 0 aliphatic heterocycles. The van der Waals surface area contributed by atoms with Crippen molar-refractivity contribution in [2.24, 2.45) is 5.73 Å². The van der Waals surface area contributed by atoms with Gasteiger partial charge < -0.3 is 15.0 Å². The third kappa shape index (κ3) is 4.07. The van der Waals surface area contributed by atoms with Crippen LogP contribution in [-0.2, 0) is 12.1 Å². The molecule has 0 radical (unpaired) electrons. The number of primary amides is 1. The van der Waals surface area contributed by atoms with E-state index in [2.05, 4.69) is 10.2 Å². The van der Waals surface area contributed by atoms with Crippen LogP contribution < -0.4 is 10.5 Å². The molecule has 1 heterocycles. The van der Waals surface area contributed by atoms with Crippen molar-refractivity contribution in [3.63, 3.8) is 0 Å². The lowest BCUT2D eigenvalue weighted by Crippen LogP contribution is -2.30. The van der Waals surface area contributed by atoms with Gasteiger partial charge in [-0.1, -0.05) is 11.6 Å². The Morgan fingerprint density at radius 2 is 1.90 bits per heavy atom. The molecule has 0 fully saturated rings. The van der Waals surface area contributed by atoms with Gasteiger partial charge in [0.2, 0.25) is 5.91 Å². The SMILES string of the molecule is CCn1c(-c2ccc(C(N)=O)cc2F)nnc1C(C)(C)Oc1ccc(Cl)cc1F. The zero-order valence-corrected chi connectivity index (χ0v) is 16.8. The van der Waals surface area contributed by atoms with E-state index in [1.54, 1.807) is 18.4 Å². The van der Waals surface area contributed by atoms with E-state index in [9.17, 15) is 13.6 Å². The van der Waals surface area contributed by atoms with Crippen molar-refractivity contribution in [3.8, 4) is 17.1 Å². The number of hydrogen-bond donors (Lipinski definition) is 1. The summed E-state index contributed by atoms with van der Waals surface area (Å²) in [5, 5.41) is 8.51. The third-order valence-corrected chi connectivity index (χ3v) is 4.59. The van der Waals surface area contributed by atoms with Gasteiger partial charge >= 0.3 is 0 Å². The van der Waals surface area contributed by atoms with Crippen LogP contribution in [0.4, 0.5) is 8.78 Å². The van der Waals surface area contributed by atoms with Gasteiger partial charge in [-0.25, -0.2) is 8.78 Å². The lowest BCUT2D eigenvalue weighted by atomic mass is 10.1. The van der Waals surface area contributed by atoms with E-state index < -0.39 is 23.1 Å². The van der Waals surface area contributed by atoms with Crippen molar-refractivity contribution in [3.05, 3.63) is 64.4 Å². The normalized spacial score (nSPS) is 11.5. The van der Waals surface area contributed by atoms with Gasteiger partial charge in [-0.3, -0.25) is 4.79 Å². The number of nitrogens with two attached hydrogens (primary N) is 1. The van der Waals surface area contributed by atoms with Gasteiger partial charge in [-0.05, 0) is 57.2 Å². The van der Waals surface area contributed by atoms with E-state index in [0.29, 0.717) is 12.4 Å². The number of hydrogen-bond acceptors (Lipinski definition) is 4. The Hall–Kier alpha value is -3.00. The zero-order chi connectivity index (χ0) is 21.3. The van der Waals surface area contributed by atoms with Gasteiger partial charge in [0, 0.05) is 17.1 Å². The van der Waals surface area contributed by atoms with Crippen molar-refractivity contribution in [2.75, 3.05) is 0 Å². The summed E-state index contributed by atoms with van der Waals surface area (Å²) < 4.78 is 36.2. The van der Waals surface area contributed by atoms with E-state index >= 15 is 0 Å². The lowest BCUT2D eigenvalue weighted by Gasteiger charge is -2.26. The van der Waals surface area contributed by atoms with Gasteiger partial charge in [-0.2, -0.15) is 0 Å². The molecule has 29 heavy (non-hydrogen) atoms. The fourth-order valence-corrected chi connectivity index (χ4v) is 3.13. The standard InChI is InChI=1S/C20H19ClF2N4O2/c1-4-27-18(13-7-5-11(17(24)28)9-14(13)22)25-26-19(27)20(2,3)29-16-8-6-12(21)10-15(16)23/h5-10H,4H2,1-3H3,(H2,24,28). The average molecular weight is 421 g/mol. The number of benzene rings is 2. The summed E-state index contributed by atoms with van der Waals surface area (Å²) in [5.74, 6) is -1.36. The van der Waals surface area contributed by atoms with Crippen LogP contribution >= 0.6 is 11.6 Å². The predicted molar refractivity (Wildman–Crippen MR) is 105 cm³/mol. The number of nitrogens with zero attached hydrogens (tertiary/aromatic N) is 3. The Morgan fingerprint density at radius 3 is 2.48 bits per heavy atom. The molecule has 0 spiro atoms. The van der Waals surface area contributed by atoms with Crippen LogP contribution in [0, 0.1) is 11.6 Å². The summed E-state index contributed by atoms with van der Waals surface area (Å²) in [6, 6.07) is 7.98. The largest absolute Gasteiger partial charge is 0.477 e. The molecule has 0 aliphatic rings. The first-order valence-corrected chi connectivity index (χ1v) is 9.19. The van der Waals surface area contributed by atoms with Gasteiger partial charge in [0.1, 0.15) is 5.82 Å². The van der Waals surface area contributed by atoms with E-state index in [1.165, 1.54) is 24.3 Å². The molecule has 1 aromatic heterocycles. The summed E-state index contributed by atoms with van der Waals surface area (Å²) in [5.41, 5.74) is 4.31. The average Bonchev–Trinajstić information content (AvgIpc) is 3.08. The molecule has 6 nitrogen and oxygen atoms in total. The Kier molecular flexibility index (Phi) is 5.57. The first kappa shape index (κ1) is 20.7. The molecule has 0 saturated carbocycles. The molecule has 152 valence electrons. The smallest absolute Gasteiger partial charge is 0.248 e. The predicted octanol–water partition coefficient (Wildman–Crippen LogP) is 4.31. The topological polar surface area (TPSA) is 83.0 Å². The molecule has 1 amide bonds. The molecule has 3 aromatic rings. The van der Waals surface area contributed by atoms with Crippen LogP contribution in [0.25, 0.3) is 11.4 Å². The highest BCUT2D eigenvalue weighted by atomic mass is 35.5. The van der Waals surface area contributed by atoms with E-state index in [1.807, 2.05) is 6.92 Å². The second kappa shape index (κ2) is 7.79. The molecule has 0 atom stereocenters. The Balaban J connectivity index is 2.01. The van der Waals surface area contributed by atoms with E-state index in [0.717, 1.165) is 12.1 Å². The maximum Gasteiger partial charge on any atom is 0.248 e. The number of carbonyl (C=O) groups excluding carboxylic acids is 1. The molecule has 3 rings (SSSR count). The maximum atomic E-state index is 14.6. The summed E-state index contributed by atoms with van der Waals surface area (Å²) in [4.78, 5) is 11.2. The van der Waals surface area contributed by atoms with Crippen LogP contribution in [0.5, 0.6) is 5.75 Å². The first-order chi connectivity index (χ1) is 13.6. The van der Waals surface area contributed by atoms with Crippen LogP contribution in [0.2, 0.25) is 5.02 Å². The molecule has 0 aliphatic carbocycles. The number of rotatable bonds is 6. The minimum atomic E-state index is -1.08. The molecule has 2 aromatic carbocycles. The van der Waals surface area contributed by atoms with Crippen molar-refractivity contribution in [1.29, 1.82) is 0 Å². The van der Waals surface area contributed by atoms with Crippen molar-refractivity contribution in [1.82, 2.24) is 14.8 Å².